The predicted molar refractivity (Wildman–Crippen MR) is 68.4 cm³/mol. The molecule has 0 spiro atoms. The predicted octanol–water partition coefficient (Wildman–Crippen LogP) is 4.20. The standard InChI is InChI=1S/C14H28O2/c1-10(2)11(8-12(15)16)14(6,7)9-13(3,4)5/h10-11H,8-9H2,1-7H3,(H,15,16)/t11-/m1/s1. The molecule has 0 aliphatic rings. The molecular weight excluding hydrogens is 200 g/mol. The van der Waals surface area contributed by atoms with Crippen LogP contribution in [0, 0.1) is 22.7 Å². The van der Waals surface area contributed by atoms with Gasteiger partial charge in [-0.2, -0.15) is 0 Å². The first kappa shape index (κ1) is 15.5. The first-order valence-corrected chi connectivity index (χ1v) is 6.17. The van der Waals surface area contributed by atoms with E-state index in [4.69, 9.17) is 5.11 Å². The molecule has 0 aliphatic heterocycles. The van der Waals surface area contributed by atoms with Gasteiger partial charge >= 0.3 is 5.97 Å². The molecule has 0 heterocycles. The Bertz CT molecular complexity index is 234. The molecule has 2 heteroatoms. The number of aliphatic carboxylic acids is 1. The van der Waals surface area contributed by atoms with E-state index in [1.807, 2.05) is 0 Å². The van der Waals surface area contributed by atoms with Gasteiger partial charge in [-0.1, -0.05) is 48.5 Å². The molecule has 0 aromatic heterocycles. The highest BCUT2D eigenvalue weighted by molar-refractivity contribution is 5.67. The summed E-state index contributed by atoms with van der Waals surface area (Å²) in [6.45, 7) is 15.3. The number of hydrogen-bond donors (Lipinski definition) is 1. The van der Waals surface area contributed by atoms with Crippen molar-refractivity contribution in [1.29, 1.82) is 0 Å². The summed E-state index contributed by atoms with van der Waals surface area (Å²) < 4.78 is 0. The molecule has 0 saturated carbocycles. The van der Waals surface area contributed by atoms with E-state index < -0.39 is 5.97 Å². The Morgan fingerprint density at radius 3 is 1.81 bits per heavy atom. The summed E-state index contributed by atoms with van der Waals surface area (Å²) >= 11 is 0. The van der Waals surface area contributed by atoms with Gasteiger partial charge in [0.2, 0.25) is 0 Å². The van der Waals surface area contributed by atoms with Crippen molar-refractivity contribution in [3.8, 4) is 0 Å². The number of rotatable bonds is 5. The molecular formula is C14H28O2. The zero-order valence-electron chi connectivity index (χ0n) is 11.9. The van der Waals surface area contributed by atoms with E-state index in [9.17, 15) is 4.79 Å². The number of carboxylic acids is 1. The maximum atomic E-state index is 10.9. The van der Waals surface area contributed by atoms with E-state index in [1.165, 1.54) is 0 Å². The monoisotopic (exact) mass is 228 g/mol. The Kier molecular flexibility index (Phi) is 5.03. The number of hydrogen-bond acceptors (Lipinski definition) is 1. The highest BCUT2D eigenvalue weighted by Gasteiger charge is 2.36. The minimum absolute atomic E-state index is 0.0742. The average Bonchev–Trinajstić information content (AvgIpc) is 1.93. The van der Waals surface area contributed by atoms with Crippen molar-refractivity contribution in [2.24, 2.45) is 22.7 Å². The van der Waals surface area contributed by atoms with Crippen LogP contribution in [0.25, 0.3) is 0 Å². The molecule has 0 rings (SSSR count). The van der Waals surface area contributed by atoms with Crippen LogP contribution in [0.15, 0.2) is 0 Å². The molecule has 96 valence electrons. The quantitative estimate of drug-likeness (QED) is 0.766. The van der Waals surface area contributed by atoms with Crippen molar-refractivity contribution >= 4 is 5.97 Å². The van der Waals surface area contributed by atoms with Crippen LogP contribution in [0.2, 0.25) is 0 Å². The lowest BCUT2D eigenvalue weighted by Gasteiger charge is -2.40. The van der Waals surface area contributed by atoms with Crippen molar-refractivity contribution in [3.05, 3.63) is 0 Å². The average molecular weight is 228 g/mol. The van der Waals surface area contributed by atoms with Crippen LogP contribution in [0.5, 0.6) is 0 Å². The van der Waals surface area contributed by atoms with Crippen LogP contribution in [0.1, 0.15) is 61.3 Å². The molecule has 0 aliphatic carbocycles. The van der Waals surface area contributed by atoms with Gasteiger partial charge in [0.1, 0.15) is 0 Å². The normalized spacial score (nSPS) is 15.2. The molecule has 16 heavy (non-hydrogen) atoms. The molecule has 1 N–H and O–H groups in total. The molecule has 2 nitrogen and oxygen atoms in total. The summed E-state index contributed by atoms with van der Waals surface area (Å²) in [5.74, 6) is -0.0293. The molecule has 1 atom stereocenters. The summed E-state index contributed by atoms with van der Waals surface area (Å²) in [5.41, 5.74) is 0.319. The van der Waals surface area contributed by atoms with Crippen molar-refractivity contribution in [3.63, 3.8) is 0 Å². The highest BCUT2D eigenvalue weighted by atomic mass is 16.4. The molecule has 0 aromatic carbocycles. The largest absolute Gasteiger partial charge is 0.481 e. The summed E-state index contributed by atoms with van der Waals surface area (Å²) in [4.78, 5) is 10.9. The Balaban J connectivity index is 4.82. The summed E-state index contributed by atoms with van der Waals surface area (Å²) in [7, 11) is 0. The van der Waals surface area contributed by atoms with Crippen molar-refractivity contribution in [2.45, 2.75) is 61.3 Å². The molecule has 0 radical (unpaired) electrons. The lowest BCUT2D eigenvalue weighted by molar-refractivity contribution is -0.140. The fourth-order valence-corrected chi connectivity index (χ4v) is 3.10. The second-order valence-corrected chi connectivity index (χ2v) is 7.17. The third-order valence-electron chi connectivity index (χ3n) is 3.19. The van der Waals surface area contributed by atoms with Crippen LogP contribution in [0.3, 0.4) is 0 Å². The third kappa shape index (κ3) is 5.53. The first-order valence-electron chi connectivity index (χ1n) is 6.17. The minimum Gasteiger partial charge on any atom is -0.481 e. The van der Waals surface area contributed by atoms with Gasteiger partial charge in [0.15, 0.2) is 0 Å². The highest BCUT2D eigenvalue weighted by Crippen LogP contribution is 2.43. The van der Waals surface area contributed by atoms with Gasteiger partial charge < -0.3 is 5.11 Å². The minimum atomic E-state index is -0.680. The SMILES string of the molecule is CC(C)[C@@H](CC(=O)O)C(C)(C)CC(C)(C)C. The summed E-state index contributed by atoms with van der Waals surface area (Å²) in [6.07, 6.45) is 1.33. The Labute approximate surface area is 100 Å². The molecule has 0 bridgehead atoms. The van der Waals surface area contributed by atoms with Gasteiger partial charge in [-0.25, -0.2) is 0 Å². The van der Waals surface area contributed by atoms with E-state index in [-0.39, 0.29) is 23.2 Å². The van der Waals surface area contributed by atoms with Crippen LogP contribution >= 0.6 is 0 Å². The summed E-state index contributed by atoms with van der Waals surface area (Å²) in [5, 5.41) is 8.99. The fourth-order valence-electron chi connectivity index (χ4n) is 3.10. The molecule has 0 saturated heterocycles. The molecule has 0 aromatic rings. The number of carboxylic acid groups (broad SMARTS) is 1. The van der Waals surface area contributed by atoms with Gasteiger partial charge in [0, 0.05) is 6.42 Å². The fraction of sp³-hybridized carbons (Fsp3) is 0.929. The lowest BCUT2D eigenvalue weighted by atomic mass is 9.64. The van der Waals surface area contributed by atoms with E-state index >= 15 is 0 Å². The topological polar surface area (TPSA) is 37.3 Å². The van der Waals surface area contributed by atoms with Crippen LogP contribution < -0.4 is 0 Å². The van der Waals surface area contributed by atoms with Gasteiger partial charge in [0.05, 0.1) is 0 Å². The van der Waals surface area contributed by atoms with E-state index in [2.05, 4.69) is 48.5 Å². The Hall–Kier alpha value is -0.530. The lowest BCUT2D eigenvalue weighted by Crippen LogP contribution is -2.34. The van der Waals surface area contributed by atoms with E-state index in [1.54, 1.807) is 0 Å². The summed E-state index contributed by atoms with van der Waals surface area (Å²) in [6, 6.07) is 0. The van der Waals surface area contributed by atoms with E-state index in [0.717, 1.165) is 6.42 Å². The zero-order valence-corrected chi connectivity index (χ0v) is 11.9. The third-order valence-corrected chi connectivity index (χ3v) is 3.19. The van der Waals surface area contributed by atoms with Crippen molar-refractivity contribution < 1.29 is 9.90 Å². The Morgan fingerprint density at radius 2 is 1.56 bits per heavy atom. The van der Waals surface area contributed by atoms with Crippen LogP contribution in [-0.4, -0.2) is 11.1 Å². The number of carbonyl (C=O) groups is 1. The molecule has 0 unspecified atom stereocenters. The van der Waals surface area contributed by atoms with Crippen LogP contribution in [-0.2, 0) is 4.79 Å². The smallest absolute Gasteiger partial charge is 0.303 e. The van der Waals surface area contributed by atoms with Crippen molar-refractivity contribution in [2.75, 3.05) is 0 Å². The second-order valence-electron chi connectivity index (χ2n) is 7.17. The second kappa shape index (κ2) is 5.20. The molecule has 0 amide bonds. The van der Waals surface area contributed by atoms with Crippen molar-refractivity contribution in [1.82, 2.24) is 0 Å². The van der Waals surface area contributed by atoms with Gasteiger partial charge in [0.25, 0.3) is 0 Å². The van der Waals surface area contributed by atoms with E-state index in [0.29, 0.717) is 5.92 Å². The van der Waals surface area contributed by atoms with Gasteiger partial charge in [-0.05, 0) is 29.1 Å². The zero-order chi connectivity index (χ0) is 13.1. The Morgan fingerprint density at radius 1 is 1.12 bits per heavy atom. The molecule has 0 fully saturated rings. The van der Waals surface area contributed by atoms with Gasteiger partial charge in [-0.15, -0.1) is 0 Å². The maximum absolute atomic E-state index is 10.9. The van der Waals surface area contributed by atoms with Crippen LogP contribution in [0.4, 0.5) is 0 Å². The maximum Gasteiger partial charge on any atom is 0.303 e. The van der Waals surface area contributed by atoms with Gasteiger partial charge in [-0.3, -0.25) is 4.79 Å². The first-order chi connectivity index (χ1) is 6.96.